The van der Waals surface area contributed by atoms with Gasteiger partial charge >= 0.3 is 5.97 Å². The molecule has 0 fully saturated rings. The zero-order valence-corrected chi connectivity index (χ0v) is 11.4. The first-order valence-corrected chi connectivity index (χ1v) is 6.49. The van der Waals surface area contributed by atoms with Gasteiger partial charge in [0.05, 0.1) is 13.2 Å². The molecule has 0 aliphatic heterocycles. The van der Waals surface area contributed by atoms with E-state index in [0.717, 1.165) is 5.75 Å². The van der Waals surface area contributed by atoms with Crippen LogP contribution < -0.4 is 14.8 Å². The lowest BCUT2D eigenvalue weighted by molar-refractivity contribution is -0.139. The number of aliphatic carboxylic acids is 1. The van der Waals surface area contributed by atoms with Gasteiger partial charge in [-0.3, -0.25) is 4.79 Å². The summed E-state index contributed by atoms with van der Waals surface area (Å²) in [4.78, 5) is 10.9. The van der Waals surface area contributed by atoms with E-state index in [1.165, 1.54) is 0 Å². The molecule has 5 heteroatoms. The number of likely N-dealkylation sites (N-methyl/N-ethyl adjacent to an activating group) is 1. The second kappa shape index (κ2) is 8.37. The van der Waals surface area contributed by atoms with Crippen molar-refractivity contribution in [2.45, 2.75) is 26.3 Å². The Bertz CT molecular complexity index is 378. The molecule has 0 aliphatic rings. The summed E-state index contributed by atoms with van der Waals surface area (Å²) >= 11 is 0. The second-order valence-electron chi connectivity index (χ2n) is 3.99. The molecule has 0 radical (unpaired) electrons. The number of carboxylic acid groups (broad SMARTS) is 1. The predicted octanol–water partition coefficient (Wildman–Crippen LogP) is 1.92. The highest BCUT2D eigenvalue weighted by molar-refractivity contribution is 5.73. The van der Waals surface area contributed by atoms with Gasteiger partial charge in [0.25, 0.3) is 0 Å². The van der Waals surface area contributed by atoms with Gasteiger partial charge in [-0.15, -0.1) is 0 Å². The number of hydrogen-bond acceptors (Lipinski definition) is 4. The van der Waals surface area contributed by atoms with Gasteiger partial charge in [-0.2, -0.15) is 0 Å². The van der Waals surface area contributed by atoms with Gasteiger partial charge in [-0.25, -0.2) is 0 Å². The minimum absolute atomic E-state index is 0.359. The Morgan fingerprint density at radius 3 is 2.26 bits per heavy atom. The number of carboxylic acids is 1. The Balaban J connectivity index is 2.37. The number of carbonyl (C=O) groups is 1. The fourth-order valence-electron chi connectivity index (χ4n) is 1.65. The topological polar surface area (TPSA) is 67.8 Å². The largest absolute Gasteiger partial charge is 0.494 e. The molecule has 0 amide bonds. The van der Waals surface area contributed by atoms with Crippen molar-refractivity contribution in [3.63, 3.8) is 0 Å². The van der Waals surface area contributed by atoms with Crippen LogP contribution in [0.5, 0.6) is 11.5 Å². The van der Waals surface area contributed by atoms with Crippen LogP contribution in [0.2, 0.25) is 0 Å². The van der Waals surface area contributed by atoms with E-state index in [9.17, 15) is 4.79 Å². The van der Waals surface area contributed by atoms with Gasteiger partial charge in [-0.05, 0) is 37.7 Å². The summed E-state index contributed by atoms with van der Waals surface area (Å²) in [5, 5.41) is 11.9. The first kappa shape index (κ1) is 15.3. The zero-order chi connectivity index (χ0) is 14.1. The van der Waals surface area contributed by atoms with Gasteiger partial charge in [-0.1, -0.05) is 6.92 Å². The predicted molar refractivity (Wildman–Crippen MR) is 72.8 cm³/mol. The summed E-state index contributed by atoms with van der Waals surface area (Å²) in [7, 11) is 0. The second-order valence-corrected chi connectivity index (χ2v) is 3.99. The monoisotopic (exact) mass is 267 g/mol. The van der Waals surface area contributed by atoms with Crippen molar-refractivity contribution >= 4 is 5.97 Å². The van der Waals surface area contributed by atoms with Crippen molar-refractivity contribution in [1.82, 2.24) is 5.32 Å². The lowest BCUT2D eigenvalue weighted by atomic mass is 10.2. The molecule has 106 valence electrons. The number of hydrogen-bond donors (Lipinski definition) is 2. The molecule has 0 bridgehead atoms. The zero-order valence-electron chi connectivity index (χ0n) is 11.4. The van der Waals surface area contributed by atoms with Crippen LogP contribution in [0.1, 0.15) is 20.3 Å². The standard InChI is InChI=1S/C14H21NO4/c1-3-15-13(14(16)17)9-10-19-12-7-5-11(6-8-12)18-4-2/h5-8,13,15H,3-4,9-10H2,1-2H3,(H,16,17). The molecule has 1 unspecified atom stereocenters. The molecule has 5 nitrogen and oxygen atoms in total. The first-order chi connectivity index (χ1) is 9.17. The Kier molecular flexibility index (Phi) is 6.74. The Morgan fingerprint density at radius 2 is 1.79 bits per heavy atom. The molecular weight excluding hydrogens is 246 g/mol. The maximum Gasteiger partial charge on any atom is 0.320 e. The Labute approximate surface area is 113 Å². The summed E-state index contributed by atoms with van der Waals surface area (Å²) < 4.78 is 10.8. The van der Waals surface area contributed by atoms with Crippen LogP contribution in [-0.4, -0.2) is 36.9 Å². The maximum absolute atomic E-state index is 10.9. The molecule has 2 N–H and O–H groups in total. The van der Waals surface area contributed by atoms with E-state index in [1.54, 1.807) is 0 Å². The average Bonchev–Trinajstić information content (AvgIpc) is 2.40. The molecule has 0 heterocycles. The quantitative estimate of drug-likeness (QED) is 0.715. The van der Waals surface area contributed by atoms with Gasteiger partial charge in [0.2, 0.25) is 0 Å². The molecule has 0 saturated heterocycles. The van der Waals surface area contributed by atoms with Gasteiger partial charge in [0.15, 0.2) is 0 Å². The first-order valence-electron chi connectivity index (χ1n) is 6.49. The van der Waals surface area contributed by atoms with Crippen LogP contribution in [0, 0.1) is 0 Å². The number of ether oxygens (including phenoxy) is 2. The molecule has 1 rings (SSSR count). The summed E-state index contributed by atoms with van der Waals surface area (Å²) in [5.41, 5.74) is 0. The normalized spacial score (nSPS) is 11.9. The lowest BCUT2D eigenvalue weighted by Crippen LogP contribution is -2.37. The summed E-state index contributed by atoms with van der Waals surface area (Å²) in [5.74, 6) is 0.659. The van der Waals surface area contributed by atoms with E-state index in [4.69, 9.17) is 14.6 Å². The van der Waals surface area contributed by atoms with Crippen molar-refractivity contribution in [2.75, 3.05) is 19.8 Å². The van der Waals surface area contributed by atoms with E-state index in [0.29, 0.717) is 31.9 Å². The Morgan fingerprint density at radius 1 is 1.21 bits per heavy atom. The molecule has 0 spiro atoms. The maximum atomic E-state index is 10.9. The van der Waals surface area contributed by atoms with Crippen LogP contribution in [0.3, 0.4) is 0 Å². The van der Waals surface area contributed by atoms with Crippen molar-refractivity contribution in [3.8, 4) is 11.5 Å². The fraction of sp³-hybridized carbons (Fsp3) is 0.500. The third kappa shape index (κ3) is 5.61. The molecular formula is C14H21NO4. The van der Waals surface area contributed by atoms with E-state index in [-0.39, 0.29) is 0 Å². The van der Waals surface area contributed by atoms with E-state index < -0.39 is 12.0 Å². The van der Waals surface area contributed by atoms with E-state index in [2.05, 4.69) is 5.32 Å². The van der Waals surface area contributed by atoms with Crippen LogP contribution in [0.15, 0.2) is 24.3 Å². The average molecular weight is 267 g/mol. The molecule has 1 aromatic carbocycles. The fourth-order valence-corrected chi connectivity index (χ4v) is 1.65. The highest BCUT2D eigenvalue weighted by Crippen LogP contribution is 2.17. The molecule has 1 atom stereocenters. The molecule has 1 aromatic rings. The van der Waals surface area contributed by atoms with Crippen LogP contribution in [0.25, 0.3) is 0 Å². The lowest BCUT2D eigenvalue weighted by Gasteiger charge is -2.13. The molecule has 0 aromatic heterocycles. The highest BCUT2D eigenvalue weighted by Gasteiger charge is 2.15. The number of rotatable bonds is 9. The van der Waals surface area contributed by atoms with Crippen LogP contribution in [0.4, 0.5) is 0 Å². The van der Waals surface area contributed by atoms with Crippen molar-refractivity contribution in [3.05, 3.63) is 24.3 Å². The van der Waals surface area contributed by atoms with Crippen LogP contribution >= 0.6 is 0 Å². The van der Waals surface area contributed by atoms with E-state index >= 15 is 0 Å². The molecule has 19 heavy (non-hydrogen) atoms. The van der Waals surface area contributed by atoms with Crippen molar-refractivity contribution in [2.24, 2.45) is 0 Å². The number of benzene rings is 1. The van der Waals surface area contributed by atoms with Crippen molar-refractivity contribution in [1.29, 1.82) is 0 Å². The summed E-state index contributed by atoms with van der Waals surface area (Å²) in [6.07, 6.45) is 0.427. The highest BCUT2D eigenvalue weighted by atomic mass is 16.5. The minimum atomic E-state index is -0.850. The summed E-state index contributed by atoms with van der Waals surface area (Å²) in [6, 6.07) is 6.73. The smallest absolute Gasteiger partial charge is 0.320 e. The van der Waals surface area contributed by atoms with Crippen LogP contribution in [-0.2, 0) is 4.79 Å². The summed E-state index contributed by atoms with van der Waals surface area (Å²) in [6.45, 7) is 5.42. The number of nitrogens with one attached hydrogen (secondary N) is 1. The SMILES string of the molecule is CCNC(CCOc1ccc(OCC)cc1)C(=O)O. The third-order valence-corrected chi connectivity index (χ3v) is 2.56. The van der Waals surface area contributed by atoms with Crippen molar-refractivity contribution < 1.29 is 19.4 Å². The van der Waals surface area contributed by atoms with Gasteiger partial charge in [0.1, 0.15) is 17.5 Å². The molecule has 0 aliphatic carbocycles. The Hall–Kier alpha value is -1.75. The van der Waals surface area contributed by atoms with E-state index in [1.807, 2.05) is 38.1 Å². The van der Waals surface area contributed by atoms with Gasteiger partial charge < -0.3 is 19.9 Å². The third-order valence-electron chi connectivity index (χ3n) is 2.56. The molecule has 0 saturated carbocycles. The minimum Gasteiger partial charge on any atom is -0.494 e. The van der Waals surface area contributed by atoms with Gasteiger partial charge in [0, 0.05) is 6.42 Å².